The van der Waals surface area contributed by atoms with Gasteiger partial charge in [0.25, 0.3) is 17.1 Å². The van der Waals surface area contributed by atoms with Crippen LogP contribution in [-0.2, 0) is 16.1 Å². The molecule has 0 aromatic heterocycles. The van der Waals surface area contributed by atoms with Gasteiger partial charge in [-0.1, -0.05) is 71.7 Å². The number of hydrogen-bond acceptors (Lipinski definition) is 5. The molecular weight excluding hydrogens is 543 g/mol. The maximum atomic E-state index is 13.1. The normalized spacial score (nSPS) is 14.4. The number of amides is 3. The van der Waals surface area contributed by atoms with Gasteiger partial charge in [-0.15, -0.1) is 0 Å². The number of carbonyl (C=O) groups excluding carboxylic acids is 3. The molecule has 0 saturated carbocycles. The van der Waals surface area contributed by atoms with Crippen LogP contribution in [0.5, 0.6) is 5.75 Å². The summed E-state index contributed by atoms with van der Waals surface area (Å²) in [5, 5.41) is 5.27. The topological polar surface area (TPSA) is 75.7 Å². The highest BCUT2D eigenvalue weighted by Gasteiger charge is 2.35. The Hall–Kier alpha value is -3.78. The van der Waals surface area contributed by atoms with Crippen LogP contribution < -0.4 is 10.1 Å². The second-order valence-electron chi connectivity index (χ2n) is 8.44. The molecule has 4 aromatic rings. The van der Waals surface area contributed by atoms with Gasteiger partial charge in [-0.3, -0.25) is 19.3 Å². The molecule has 38 heavy (non-hydrogen) atoms. The number of nitrogens with one attached hydrogen (secondary N) is 1. The zero-order valence-electron chi connectivity index (χ0n) is 19.8. The molecule has 0 unspecified atom stereocenters. The zero-order valence-corrected chi connectivity index (χ0v) is 22.1. The Morgan fingerprint density at radius 2 is 1.71 bits per heavy atom. The van der Waals surface area contributed by atoms with Crippen molar-refractivity contribution >= 4 is 74.6 Å². The fourth-order valence-electron chi connectivity index (χ4n) is 3.99. The molecule has 0 radical (unpaired) electrons. The van der Waals surface area contributed by atoms with E-state index in [1.165, 1.54) is 4.90 Å². The minimum Gasteiger partial charge on any atom is -0.482 e. The lowest BCUT2D eigenvalue weighted by Crippen LogP contribution is -2.27. The average molecular weight is 563 g/mol. The number of hydrogen-bond donors (Lipinski definition) is 1. The third kappa shape index (κ3) is 5.86. The van der Waals surface area contributed by atoms with Gasteiger partial charge in [0.15, 0.2) is 6.61 Å². The summed E-state index contributed by atoms with van der Waals surface area (Å²) in [5.41, 5.74) is 2.12. The van der Waals surface area contributed by atoms with Crippen molar-refractivity contribution in [3.8, 4) is 5.75 Å². The Kier molecular flexibility index (Phi) is 7.69. The first-order valence-corrected chi connectivity index (χ1v) is 13.1. The summed E-state index contributed by atoms with van der Waals surface area (Å²) in [5.74, 6) is -0.394. The van der Waals surface area contributed by atoms with E-state index < -0.39 is 0 Å². The maximum Gasteiger partial charge on any atom is 0.293 e. The van der Waals surface area contributed by atoms with E-state index in [1.807, 2.05) is 42.5 Å². The third-order valence-corrected chi connectivity index (χ3v) is 7.28. The highest BCUT2D eigenvalue weighted by Crippen LogP contribution is 2.35. The summed E-state index contributed by atoms with van der Waals surface area (Å²) in [6.45, 7) is -0.0519. The standard InChI is InChI=1S/C29H20Cl2N2O4S/c30-21-9-11-22(12-10-21)32-27(34)17-37-25-13-8-18(14-24(25)31)15-26-28(35)33(29(36)38-26)16-20-6-3-5-19-4-1-2-7-23(19)20/h1-15H,16-17H2,(H,32,34)/b26-15-. The van der Waals surface area contributed by atoms with E-state index in [0.29, 0.717) is 26.9 Å². The second-order valence-corrected chi connectivity index (χ2v) is 10.3. The number of halogens is 2. The number of imide groups is 1. The minimum atomic E-state index is -0.358. The lowest BCUT2D eigenvalue weighted by atomic mass is 10.0. The Morgan fingerprint density at radius 1 is 0.947 bits per heavy atom. The molecule has 0 aliphatic carbocycles. The van der Waals surface area contributed by atoms with Crippen LogP contribution in [0, 0.1) is 0 Å². The molecule has 3 amide bonds. The fourth-order valence-corrected chi connectivity index (χ4v) is 5.19. The number of rotatable bonds is 7. The molecule has 0 atom stereocenters. The molecule has 0 bridgehead atoms. The van der Waals surface area contributed by atoms with Crippen molar-refractivity contribution in [2.24, 2.45) is 0 Å². The summed E-state index contributed by atoms with van der Waals surface area (Å²) in [4.78, 5) is 39.5. The van der Waals surface area contributed by atoms with E-state index in [1.54, 1.807) is 48.5 Å². The predicted molar refractivity (Wildman–Crippen MR) is 152 cm³/mol. The van der Waals surface area contributed by atoms with Gasteiger partial charge >= 0.3 is 0 Å². The molecule has 5 rings (SSSR count). The van der Waals surface area contributed by atoms with Gasteiger partial charge in [0.05, 0.1) is 16.5 Å². The second kappa shape index (κ2) is 11.3. The van der Waals surface area contributed by atoms with Crippen molar-refractivity contribution in [2.45, 2.75) is 6.54 Å². The van der Waals surface area contributed by atoms with Crippen molar-refractivity contribution in [1.82, 2.24) is 4.90 Å². The smallest absolute Gasteiger partial charge is 0.293 e. The number of nitrogens with zero attached hydrogens (tertiary/aromatic N) is 1. The maximum absolute atomic E-state index is 13.1. The van der Waals surface area contributed by atoms with Crippen LogP contribution in [-0.4, -0.2) is 28.6 Å². The fraction of sp³-hybridized carbons (Fsp3) is 0.0690. The van der Waals surface area contributed by atoms with E-state index in [0.717, 1.165) is 28.1 Å². The van der Waals surface area contributed by atoms with Crippen molar-refractivity contribution in [1.29, 1.82) is 0 Å². The predicted octanol–water partition coefficient (Wildman–Crippen LogP) is 7.40. The molecular formula is C29H20Cl2N2O4S. The number of thioether (sulfide) groups is 1. The molecule has 1 aliphatic heterocycles. The van der Waals surface area contributed by atoms with Crippen LogP contribution in [0.1, 0.15) is 11.1 Å². The molecule has 1 heterocycles. The van der Waals surface area contributed by atoms with Crippen LogP contribution in [0.4, 0.5) is 10.5 Å². The molecule has 1 saturated heterocycles. The SMILES string of the molecule is O=C(COc1ccc(/C=C2\SC(=O)N(Cc3cccc4ccccc34)C2=O)cc1Cl)Nc1ccc(Cl)cc1. The lowest BCUT2D eigenvalue weighted by molar-refractivity contribution is -0.123. The average Bonchev–Trinajstić information content (AvgIpc) is 3.17. The first-order valence-electron chi connectivity index (χ1n) is 11.6. The van der Waals surface area contributed by atoms with Crippen molar-refractivity contribution in [3.05, 3.63) is 111 Å². The molecule has 6 nitrogen and oxygen atoms in total. The van der Waals surface area contributed by atoms with Gasteiger partial charge in [0, 0.05) is 10.7 Å². The molecule has 1 aliphatic rings. The monoisotopic (exact) mass is 562 g/mol. The Balaban J connectivity index is 1.24. The van der Waals surface area contributed by atoms with Crippen LogP contribution >= 0.6 is 35.0 Å². The molecule has 1 fully saturated rings. The van der Waals surface area contributed by atoms with Crippen molar-refractivity contribution in [3.63, 3.8) is 0 Å². The van der Waals surface area contributed by atoms with E-state index in [-0.39, 0.29) is 35.2 Å². The number of fused-ring (bicyclic) bond motifs is 1. The van der Waals surface area contributed by atoms with E-state index in [9.17, 15) is 14.4 Å². The van der Waals surface area contributed by atoms with Crippen LogP contribution in [0.15, 0.2) is 89.8 Å². The van der Waals surface area contributed by atoms with Crippen molar-refractivity contribution in [2.75, 3.05) is 11.9 Å². The van der Waals surface area contributed by atoms with Crippen molar-refractivity contribution < 1.29 is 19.1 Å². The molecule has 1 N–H and O–H groups in total. The van der Waals surface area contributed by atoms with Gasteiger partial charge in [-0.05, 0) is 76.1 Å². The van der Waals surface area contributed by atoms with E-state index in [2.05, 4.69) is 5.32 Å². The van der Waals surface area contributed by atoms with Gasteiger partial charge < -0.3 is 10.1 Å². The van der Waals surface area contributed by atoms with Gasteiger partial charge in [-0.2, -0.15) is 0 Å². The highest BCUT2D eigenvalue weighted by atomic mass is 35.5. The molecule has 190 valence electrons. The summed E-state index contributed by atoms with van der Waals surface area (Å²) >= 11 is 13.1. The quantitative estimate of drug-likeness (QED) is 0.237. The van der Waals surface area contributed by atoms with Gasteiger partial charge in [0.2, 0.25) is 0 Å². The number of ether oxygens (including phenoxy) is 1. The van der Waals surface area contributed by atoms with Gasteiger partial charge in [-0.25, -0.2) is 0 Å². The minimum absolute atomic E-state index is 0.189. The van der Waals surface area contributed by atoms with E-state index >= 15 is 0 Å². The summed E-state index contributed by atoms with van der Waals surface area (Å²) < 4.78 is 5.55. The largest absolute Gasteiger partial charge is 0.482 e. The number of anilines is 1. The van der Waals surface area contributed by atoms with Crippen LogP contribution in [0.2, 0.25) is 10.0 Å². The van der Waals surface area contributed by atoms with Gasteiger partial charge in [0.1, 0.15) is 5.75 Å². The summed E-state index contributed by atoms with van der Waals surface area (Å²) in [6.07, 6.45) is 1.62. The molecule has 9 heteroatoms. The summed E-state index contributed by atoms with van der Waals surface area (Å²) in [7, 11) is 0. The highest BCUT2D eigenvalue weighted by molar-refractivity contribution is 8.18. The Morgan fingerprint density at radius 3 is 2.50 bits per heavy atom. The Labute approximate surface area is 233 Å². The third-order valence-electron chi connectivity index (χ3n) is 5.82. The van der Waals surface area contributed by atoms with E-state index in [4.69, 9.17) is 27.9 Å². The van der Waals surface area contributed by atoms with Crippen LogP contribution in [0.3, 0.4) is 0 Å². The first kappa shape index (κ1) is 25.9. The number of benzene rings is 4. The molecule has 4 aromatic carbocycles. The van der Waals surface area contributed by atoms with Crippen LogP contribution in [0.25, 0.3) is 16.8 Å². The zero-order chi connectivity index (χ0) is 26.6. The molecule has 0 spiro atoms. The lowest BCUT2D eigenvalue weighted by Gasteiger charge is -2.14. The summed E-state index contributed by atoms with van der Waals surface area (Å²) in [6, 6.07) is 25.3. The number of carbonyl (C=O) groups is 3. The first-order chi connectivity index (χ1) is 18.4. The Bertz CT molecular complexity index is 1580.